The van der Waals surface area contributed by atoms with Gasteiger partial charge in [0, 0.05) is 26.2 Å². The second-order valence-corrected chi connectivity index (χ2v) is 6.97. The normalized spacial score (nSPS) is 14.8. The smallest absolute Gasteiger partial charge is 0.321 e. The molecule has 0 aliphatic carbocycles. The van der Waals surface area contributed by atoms with Gasteiger partial charge in [-0.15, -0.1) is 0 Å². The van der Waals surface area contributed by atoms with E-state index in [1.165, 1.54) is 12.1 Å². The Kier molecular flexibility index (Phi) is 5.13. The maximum absolute atomic E-state index is 13.8. The van der Waals surface area contributed by atoms with Crippen LogP contribution in [0.5, 0.6) is 0 Å². The summed E-state index contributed by atoms with van der Waals surface area (Å²) in [6.45, 7) is 2.72. The van der Waals surface area contributed by atoms with Crippen molar-refractivity contribution < 1.29 is 14.0 Å². The number of rotatable bonds is 3. The van der Waals surface area contributed by atoms with E-state index in [1.807, 2.05) is 31.3 Å². The van der Waals surface area contributed by atoms with Crippen molar-refractivity contribution in [1.29, 1.82) is 0 Å². The molecule has 4 rings (SSSR count). The molecule has 2 heterocycles. The van der Waals surface area contributed by atoms with Gasteiger partial charge in [0.25, 0.3) is 5.91 Å². The molecule has 0 atom stereocenters. The number of carbonyl (C=O) groups excluding carboxylic acids is 2. The molecule has 0 radical (unpaired) electrons. The Hall–Kier alpha value is -3.46. The third-order valence-electron chi connectivity index (χ3n) is 4.88. The molecule has 0 bridgehead atoms. The minimum absolute atomic E-state index is 0.0212. The van der Waals surface area contributed by atoms with Crippen molar-refractivity contribution in [2.24, 2.45) is 0 Å². The average molecular weight is 396 g/mol. The van der Waals surface area contributed by atoms with E-state index < -0.39 is 11.7 Å². The lowest BCUT2D eigenvalue weighted by Crippen LogP contribution is -2.48. The monoisotopic (exact) mass is 396 g/mol. The lowest BCUT2D eigenvalue weighted by molar-refractivity contribution is 0.102. The minimum atomic E-state index is -0.572. The van der Waals surface area contributed by atoms with Crippen molar-refractivity contribution in [2.75, 3.05) is 43.9 Å². The molecule has 150 valence electrons. The van der Waals surface area contributed by atoms with Crippen molar-refractivity contribution in [3.63, 3.8) is 0 Å². The molecule has 29 heavy (non-hydrogen) atoms. The number of likely N-dealkylation sites (N-methyl/N-ethyl adjacent to an activating group) is 1. The topological polar surface area (TPSA) is 93.4 Å². The Morgan fingerprint density at radius 3 is 2.59 bits per heavy atom. The fourth-order valence-electron chi connectivity index (χ4n) is 3.20. The third kappa shape index (κ3) is 4.19. The Morgan fingerprint density at radius 2 is 1.83 bits per heavy atom. The fourth-order valence-corrected chi connectivity index (χ4v) is 3.20. The molecule has 1 saturated heterocycles. The Balaban J connectivity index is 1.52. The number of H-pyrrole nitrogens is 1. The Labute approximate surface area is 166 Å². The van der Waals surface area contributed by atoms with Crippen LogP contribution in [0, 0.1) is 5.82 Å². The molecule has 1 aliphatic rings. The molecule has 0 unspecified atom stereocenters. The number of piperazine rings is 1. The zero-order valence-electron chi connectivity index (χ0n) is 15.9. The molecule has 2 aromatic carbocycles. The number of carbonyl (C=O) groups is 2. The lowest BCUT2D eigenvalue weighted by Gasteiger charge is -2.32. The van der Waals surface area contributed by atoms with Crippen LogP contribution in [0.2, 0.25) is 0 Å². The second kappa shape index (κ2) is 7.88. The molecule has 1 aliphatic heterocycles. The molecular weight excluding hydrogens is 375 g/mol. The number of amides is 3. The van der Waals surface area contributed by atoms with Crippen LogP contribution in [-0.4, -0.2) is 64.9 Å². The van der Waals surface area contributed by atoms with E-state index in [0.717, 1.165) is 24.7 Å². The predicted molar refractivity (Wildman–Crippen MR) is 109 cm³/mol. The zero-order chi connectivity index (χ0) is 20.4. The van der Waals surface area contributed by atoms with Crippen LogP contribution in [0.1, 0.15) is 10.4 Å². The largest absolute Gasteiger partial charge is 0.324 e. The van der Waals surface area contributed by atoms with Gasteiger partial charge in [-0.2, -0.15) is 0 Å². The summed E-state index contributed by atoms with van der Waals surface area (Å²) in [6.07, 6.45) is 0. The summed E-state index contributed by atoms with van der Waals surface area (Å²) in [5.41, 5.74) is 1.73. The Bertz CT molecular complexity index is 1030. The third-order valence-corrected chi connectivity index (χ3v) is 4.88. The van der Waals surface area contributed by atoms with Crippen molar-refractivity contribution in [3.05, 3.63) is 53.8 Å². The summed E-state index contributed by atoms with van der Waals surface area (Å²) in [4.78, 5) is 36.4. The van der Waals surface area contributed by atoms with Crippen LogP contribution in [0.4, 0.5) is 20.8 Å². The van der Waals surface area contributed by atoms with Gasteiger partial charge in [0.2, 0.25) is 5.95 Å². The van der Waals surface area contributed by atoms with E-state index in [1.54, 1.807) is 4.90 Å². The van der Waals surface area contributed by atoms with Crippen LogP contribution in [0.15, 0.2) is 42.5 Å². The van der Waals surface area contributed by atoms with E-state index in [9.17, 15) is 14.0 Å². The molecule has 9 heteroatoms. The lowest BCUT2D eigenvalue weighted by atomic mass is 10.1. The Morgan fingerprint density at radius 1 is 1.07 bits per heavy atom. The molecule has 1 fully saturated rings. The highest BCUT2D eigenvalue weighted by molar-refractivity contribution is 6.09. The molecule has 8 nitrogen and oxygen atoms in total. The first kappa shape index (κ1) is 18.9. The summed E-state index contributed by atoms with van der Waals surface area (Å²) in [7, 11) is 2.00. The maximum Gasteiger partial charge on any atom is 0.321 e. The van der Waals surface area contributed by atoms with Gasteiger partial charge in [-0.05, 0) is 37.4 Å². The van der Waals surface area contributed by atoms with Crippen molar-refractivity contribution in [3.8, 4) is 0 Å². The summed E-state index contributed by atoms with van der Waals surface area (Å²) < 4.78 is 13.8. The van der Waals surface area contributed by atoms with Gasteiger partial charge in [-0.3, -0.25) is 10.1 Å². The minimum Gasteiger partial charge on any atom is -0.324 e. The maximum atomic E-state index is 13.8. The number of hydrogen-bond acceptors (Lipinski definition) is 4. The first-order chi connectivity index (χ1) is 14.0. The number of nitrogens with zero attached hydrogens (tertiary/aromatic N) is 3. The van der Waals surface area contributed by atoms with E-state index in [2.05, 4.69) is 25.5 Å². The number of fused-ring (bicyclic) bond motifs is 1. The molecule has 3 aromatic rings. The number of nitrogens with one attached hydrogen (secondary N) is 3. The molecule has 1 aromatic heterocycles. The number of urea groups is 1. The number of anilines is 2. The van der Waals surface area contributed by atoms with Gasteiger partial charge < -0.3 is 20.1 Å². The summed E-state index contributed by atoms with van der Waals surface area (Å²) >= 11 is 0. The van der Waals surface area contributed by atoms with Crippen molar-refractivity contribution >= 4 is 34.6 Å². The van der Waals surface area contributed by atoms with Crippen LogP contribution in [-0.2, 0) is 0 Å². The van der Waals surface area contributed by atoms with E-state index in [-0.39, 0.29) is 23.2 Å². The number of benzene rings is 2. The number of para-hydroxylation sites is 2. The zero-order valence-corrected chi connectivity index (χ0v) is 15.9. The van der Waals surface area contributed by atoms with Gasteiger partial charge >= 0.3 is 6.03 Å². The van der Waals surface area contributed by atoms with Gasteiger partial charge in [0.1, 0.15) is 5.82 Å². The predicted octanol–water partition coefficient (Wildman–Crippen LogP) is 2.73. The number of halogens is 1. The summed E-state index contributed by atoms with van der Waals surface area (Å²) in [5.74, 6) is -0.897. The highest BCUT2D eigenvalue weighted by Crippen LogP contribution is 2.20. The van der Waals surface area contributed by atoms with Gasteiger partial charge in [-0.25, -0.2) is 14.2 Å². The second-order valence-electron chi connectivity index (χ2n) is 6.97. The van der Waals surface area contributed by atoms with Crippen LogP contribution in [0.3, 0.4) is 0 Å². The fraction of sp³-hybridized carbons (Fsp3) is 0.250. The number of aromatic nitrogens is 2. The summed E-state index contributed by atoms with van der Waals surface area (Å²) in [6, 6.07) is 10.7. The first-order valence-electron chi connectivity index (χ1n) is 9.30. The number of aromatic amines is 1. The molecular formula is C20H21FN6O2. The van der Waals surface area contributed by atoms with Crippen molar-refractivity contribution in [2.45, 2.75) is 0 Å². The molecule has 3 N–H and O–H groups in total. The van der Waals surface area contributed by atoms with E-state index in [4.69, 9.17) is 0 Å². The van der Waals surface area contributed by atoms with Crippen molar-refractivity contribution in [1.82, 2.24) is 19.8 Å². The number of imidazole rings is 1. The molecule has 0 spiro atoms. The van der Waals surface area contributed by atoms with Crippen LogP contribution in [0.25, 0.3) is 11.0 Å². The van der Waals surface area contributed by atoms with Crippen LogP contribution >= 0.6 is 0 Å². The summed E-state index contributed by atoms with van der Waals surface area (Å²) in [5, 5.41) is 5.36. The van der Waals surface area contributed by atoms with Gasteiger partial charge in [0.15, 0.2) is 0 Å². The highest BCUT2D eigenvalue weighted by atomic mass is 19.1. The SMILES string of the molecule is CN1CCN(C(=O)Nc2ccc(F)cc2C(=O)Nc2nc3ccccc3[nH]2)CC1. The van der Waals surface area contributed by atoms with Gasteiger partial charge in [0.05, 0.1) is 22.3 Å². The molecule has 0 saturated carbocycles. The average Bonchev–Trinajstić information content (AvgIpc) is 3.12. The van der Waals surface area contributed by atoms with E-state index in [0.29, 0.717) is 18.6 Å². The quantitative estimate of drug-likeness (QED) is 0.635. The number of hydrogen-bond donors (Lipinski definition) is 3. The first-order valence-corrected chi connectivity index (χ1v) is 9.30. The van der Waals surface area contributed by atoms with Crippen LogP contribution < -0.4 is 10.6 Å². The highest BCUT2D eigenvalue weighted by Gasteiger charge is 2.22. The standard InChI is InChI=1S/C20H21FN6O2/c1-26-8-10-27(11-9-26)20(29)24-15-7-6-13(21)12-14(15)18(28)25-19-22-16-4-2-3-5-17(16)23-19/h2-7,12H,8-11H2,1H3,(H,24,29)(H2,22,23,25,28). The molecule has 3 amide bonds. The van der Waals surface area contributed by atoms with Gasteiger partial charge in [-0.1, -0.05) is 12.1 Å². The van der Waals surface area contributed by atoms with E-state index >= 15 is 0 Å².